The van der Waals surface area contributed by atoms with Crippen molar-refractivity contribution in [2.75, 3.05) is 11.1 Å². The van der Waals surface area contributed by atoms with Crippen molar-refractivity contribution in [1.82, 2.24) is 15.2 Å². The van der Waals surface area contributed by atoms with Crippen molar-refractivity contribution in [3.05, 3.63) is 35.1 Å². The first-order chi connectivity index (χ1) is 8.06. The SMILES string of the molecule is Cc1ccc(C(C)Nc2n[nH]c(N)n2)cc1F. The lowest BCUT2D eigenvalue weighted by Crippen LogP contribution is -2.08. The Morgan fingerprint density at radius 1 is 1.47 bits per heavy atom. The number of aryl methyl sites for hydroxylation is 1. The Morgan fingerprint density at radius 3 is 2.82 bits per heavy atom. The van der Waals surface area contributed by atoms with Gasteiger partial charge in [-0.3, -0.25) is 0 Å². The van der Waals surface area contributed by atoms with Crippen LogP contribution in [0.3, 0.4) is 0 Å². The number of anilines is 2. The third kappa shape index (κ3) is 2.52. The summed E-state index contributed by atoms with van der Waals surface area (Å²) in [5.41, 5.74) is 6.87. The van der Waals surface area contributed by atoms with Crippen molar-refractivity contribution < 1.29 is 4.39 Å². The molecular weight excluding hydrogens is 221 g/mol. The lowest BCUT2D eigenvalue weighted by atomic mass is 10.1. The number of nitrogens with zero attached hydrogens (tertiary/aromatic N) is 2. The highest BCUT2D eigenvalue weighted by molar-refractivity contribution is 5.35. The Hall–Kier alpha value is -2.11. The maximum Gasteiger partial charge on any atom is 0.244 e. The average Bonchev–Trinajstić information content (AvgIpc) is 2.68. The molecule has 1 atom stereocenters. The molecule has 4 N–H and O–H groups in total. The van der Waals surface area contributed by atoms with E-state index < -0.39 is 0 Å². The van der Waals surface area contributed by atoms with Crippen LogP contribution in [0.2, 0.25) is 0 Å². The maximum atomic E-state index is 13.4. The summed E-state index contributed by atoms with van der Waals surface area (Å²) in [6.45, 7) is 3.63. The number of halogens is 1. The molecule has 0 saturated carbocycles. The number of nitrogens with two attached hydrogens (primary N) is 1. The number of nitrogen functional groups attached to an aromatic ring is 1. The third-order valence-corrected chi connectivity index (χ3v) is 2.54. The standard InChI is InChI=1S/C11H14FN5/c1-6-3-4-8(5-9(6)12)7(2)14-11-15-10(13)16-17-11/h3-5,7H,1-2H3,(H4,13,14,15,16,17). The van der Waals surface area contributed by atoms with Crippen molar-refractivity contribution in [2.45, 2.75) is 19.9 Å². The van der Waals surface area contributed by atoms with Crippen molar-refractivity contribution in [3.63, 3.8) is 0 Å². The van der Waals surface area contributed by atoms with E-state index in [0.717, 1.165) is 5.56 Å². The molecule has 1 aromatic heterocycles. The van der Waals surface area contributed by atoms with Gasteiger partial charge in [0.05, 0.1) is 6.04 Å². The highest BCUT2D eigenvalue weighted by Crippen LogP contribution is 2.19. The molecule has 17 heavy (non-hydrogen) atoms. The Labute approximate surface area is 98.3 Å². The van der Waals surface area contributed by atoms with E-state index >= 15 is 0 Å². The molecule has 6 heteroatoms. The minimum atomic E-state index is -0.217. The lowest BCUT2D eigenvalue weighted by Gasteiger charge is -2.13. The summed E-state index contributed by atoms with van der Waals surface area (Å²) in [6, 6.07) is 5.02. The van der Waals surface area contributed by atoms with E-state index in [1.807, 2.05) is 13.0 Å². The van der Waals surface area contributed by atoms with Crippen LogP contribution in [0.5, 0.6) is 0 Å². The fourth-order valence-electron chi connectivity index (χ4n) is 1.49. The first kappa shape index (κ1) is 11.4. The van der Waals surface area contributed by atoms with Gasteiger partial charge in [0.2, 0.25) is 11.9 Å². The smallest absolute Gasteiger partial charge is 0.244 e. The van der Waals surface area contributed by atoms with Gasteiger partial charge >= 0.3 is 0 Å². The number of H-pyrrole nitrogens is 1. The Morgan fingerprint density at radius 2 is 2.24 bits per heavy atom. The van der Waals surface area contributed by atoms with Crippen molar-refractivity contribution in [1.29, 1.82) is 0 Å². The number of aromatic nitrogens is 3. The van der Waals surface area contributed by atoms with E-state index in [1.165, 1.54) is 6.07 Å². The second-order valence-corrected chi connectivity index (χ2v) is 3.92. The van der Waals surface area contributed by atoms with Crippen LogP contribution in [0.1, 0.15) is 24.1 Å². The minimum Gasteiger partial charge on any atom is -0.368 e. The normalized spacial score (nSPS) is 12.4. The molecule has 2 rings (SSSR count). The van der Waals surface area contributed by atoms with Crippen molar-refractivity contribution in [2.24, 2.45) is 0 Å². The monoisotopic (exact) mass is 235 g/mol. The molecule has 1 unspecified atom stereocenters. The van der Waals surface area contributed by atoms with E-state index in [-0.39, 0.29) is 17.8 Å². The molecule has 0 spiro atoms. The second kappa shape index (κ2) is 4.40. The Kier molecular flexibility index (Phi) is 2.95. The van der Waals surface area contributed by atoms with Crippen LogP contribution >= 0.6 is 0 Å². The van der Waals surface area contributed by atoms with E-state index in [4.69, 9.17) is 5.73 Å². The molecule has 1 aromatic carbocycles. The minimum absolute atomic E-state index is 0.0969. The van der Waals surface area contributed by atoms with Gasteiger partial charge in [0.1, 0.15) is 5.82 Å². The molecule has 5 nitrogen and oxygen atoms in total. The van der Waals surface area contributed by atoms with Crippen LogP contribution in [-0.2, 0) is 0 Å². The molecule has 2 aromatic rings. The summed E-state index contributed by atoms with van der Waals surface area (Å²) in [6.07, 6.45) is 0. The predicted octanol–water partition coefficient (Wildman–Crippen LogP) is 2.01. The molecule has 0 amide bonds. The number of hydrogen-bond acceptors (Lipinski definition) is 4. The van der Waals surface area contributed by atoms with Gasteiger partial charge in [-0.1, -0.05) is 12.1 Å². The fraction of sp³-hybridized carbons (Fsp3) is 0.273. The van der Waals surface area contributed by atoms with Crippen molar-refractivity contribution >= 4 is 11.9 Å². The quantitative estimate of drug-likeness (QED) is 0.760. The van der Waals surface area contributed by atoms with Gasteiger partial charge in [-0.15, -0.1) is 5.10 Å². The molecule has 0 aliphatic carbocycles. The predicted molar refractivity (Wildman–Crippen MR) is 64.0 cm³/mol. The molecule has 0 aliphatic heterocycles. The molecule has 0 bridgehead atoms. The van der Waals surface area contributed by atoms with Crippen LogP contribution in [0.4, 0.5) is 16.3 Å². The Balaban J connectivity index is 2.14. The van der Waals surface area contributed by atoms with Crippen molar-refractivity contribution in [3.8, 4) is 0 Å². The maximum absolute atomic E-state index is 13.4. The van der Waals surface area contributed by atoms with E-state index in [0.29, 0.717) is 11.5 Å². The zero-order chi connectivity index (χ0) is 12.4. The molecule has 0 fully saturated rings. The first-order valence-electron chi connectivity index (χ1n) is 5.26. The molecule has 90 valence electrons. The zero-order valence-corrected chi connectivity index (χ0v) is 9.66. The molecule has 0 radical (unpaired) electrons. The van der Waals surface area contributed by atoms with Gasteiger partial charge < -0.3 is 11.1 Å². The van der Waals surface area contributed by atoms with Crippen LogP contribution in [0, 0.1) is 12.7 Å². The highest BCUT2D eigenvalue weighted by atomic mass is 19.1. The number of aromatic amines is 1. The van der Waals surface area contributed by atoms with E-state index in [9.17, 15) is 4.39 Å². The van der Waals surface area contributed by atoms with Crippen LogP contribution < -0.4 is 11.1 Å². The number of benzene rings is 1. The van der Waals surface area contributed by atoms with Gasteiger partial charge in [0.15, 0.2) is 0 Å². The number of rotatable bonds is 3. The Bertz CT molecular complexity index is 522. The van der Waals surface area contributed by atoms with Gasteiger partial charge in [-0.2, -0.15) is 4.98 Å². The van der Waals surface area contributed by atoms with Crippen LogP contribution in [0.25, 0.3) is 0 Å². The molecular formula is C11H14FN5. The van der Waals surface area contributed by atoms with Gasteiger partial charge in [0, 0.05) is 0 Å². The molecule has 1 heterocycles. The number of hydrogen-bond donors (Lipinski definition) is 3. The summed E-state index contributed by atoms with van der Waals surface area (Å²) in [7, 11) is 0. The van der Waals surface area contributed by atoms with E-state index in [2.05, 4.69) is 20.5 Å². The summed E-state index contributed by atoms with van der Waals surface area (Å²) in [5, 5.41) is 9.41. The van der Waals surface area contributed by atoms with Crippen LogP contribution in [0.15, 0.2) is 18.2 Å². The fourth-order valence-corrected chi connectivity index (χ4v) is 1.49. The number of nitrogens with one attached hydrogen (secondary N) is 2. The third-order valence-electron chi connectivity index (χ3n) is 2.54. The first-order valence-corrected chi connectivity index (χ1v) is 5.26. The topological polar surface area (TPSA) is 79.6 Å². The summed E-state index contributed by atoms with van der Waals surface area (Å²) < 4.78 is 13.4. The molecule has 0 saturated heterocycles. The van der Waals surface area contributed by atoms with Gasteiger partial charge in [-0.25, -0.2) is 9.49 Å². The zero-order valence-electron chi connectivity index (χ0n) is 9.66. The average molecular weight is 235 g/mol. The summed E-state index contributed by atoms with van der Waals surface area (Å²) in [5.74, 6) is 0.427. The van der Waals surface area contributed by atoms with E-state index in [1.54, 1.807) is 13.0 Å². The largest absolute Gasteiger partial charge is 0.368 e. The second-order valence-electron chi connectivity index (χ2n) is 3.92. The van der Waals surface area contributed by atoms with Gasteiger partial charge in [0.25, 0.3) is 0 Å². The van der Waals surface area contributed by atoms with Gasteiger partial charge in [-0.05, 0) is 31.0 Å². The summed E-state index contributed by atoms with van der Waals surface area (Å²) in [4.78, 5) is 3.92. The summed E-state index contributed by atoms with van der Waals surface area (Å²) >= 11 is 0. The molecule has 0 aliphatic rings. The highest BCUT2D eigenvalue weighted by Gasteiger charge is 2.09. The lowest BCUT2D eigenvalue weighted by molar-refractivity contribution is 0.614. The van der Waals surface area contributed by atoms with Crippen LogP contribution in [-0.4, -0.2) is 15.2 Å².